The van der Waals surface area contributed by atoms with Crippen LogP contribution in [-0.2, 0) is 6.54 Å². The lowest BCUT2D eigenvalue weighted by atomic mass is 10.2. The van der Waals surface area contributed by atoms with E-state index in [-0.39, 0.29) is 5.75 Å². The molecule has 3 nitrogen and oxygen atoms in total. The number of nitrogens with one attached hydrogen (secondary N) is 1. The summed E-state index contributed by atoms with van der Waals surface area (Å²) in [6, 6.07) is 6.89. The molecular weight excluding hydrogens is 262 g/mol. The lowest BCUT2D eigenvalue weighted by Gasteiger charge is -2.18. The Kier molecular flexibility index (Phi) is 8.14. The Labute approximate surface area is 119 Å². The van der Waals surface area contributed by atoms with Crippen LogP contribution in [0, 0.1) is 0 Å². The van der Waals surface area contributed by atoms with Gasteiger partial charge < -0.3 is 15.0 Å². The van der Waals surface area contributed by atoms with Gasteiger partial charge >= 0.3 is 6.61 Å². The van der Waals surface area contributed by atoms with Crippen molar-refractivity contribution in [1.82, 2.24) is 10.2 Å². The molecule has 0 spiro atoms. The average molecular weight is 286 g/mol. The van der Waals surface area contributed by atoms with Crippen molar-refractivity contribution in [3.05, 3.63) is 29.8 Å². The fraction of sp³-hybridized carbons (Fsp3) is 0.600. The van der Waals surface area contributed by atoms with E-state index < -0.39 is 6.61 Å². The van der Waals surface area contributed by atoms with Crippen molar-refractivity contribution in [1.29, 1.82) is 0 Å². The summed E-state index contributed by atoms with van der Waals surface area (Å²) in [6.07, 6.45) is 1.04. The summed E-state index contributed by atoms with van der Waals surface area (Å²) in [5, 5.41) is 3.27. The molecule has 114 valence electrons. The summed E-state index contributed by atoms with van der Waals surface area (Å²) in [6.45, 7) is 6.08. The molecule has 1 aromatic carbocycles. The van der Waals surface area contributed by atoms with Crippen LogP contribution < -0.4 is 10.1 Å². The molecule has 20 heavy (non-hydrogen) atoms. The van der Waals surface area contributed by atoms with Crippen molar-refractivity contribution in [2.75, 3.05) is 26.2 Å². The topological polar surface area (TPSA) is 24.5 Å². The van der Waals surface area contributed by atoms with Crippen LogP contribution in [0.1, 0.15) is 25.8 Å². The highest BCUT2D eigenvalue weighted by Crippen LogP contribution is 2.19. The van der Waals surface area contributed by atoms with Gasteiger partial charge in [-0.1, -0.05) is 32.0 Å². The molecule has 0 fully saturated rings. The molecule has 1 N–H and O–H groups in total. The van der Waals surface area contributed by atoms with E-state index >= 15 is 0 Å². The second-order valence-corrected chi connectivity index (χ2v) is 4.54. The van der Waals surface area contributed by atoms with Gasteiger partial charge in [-0.15, -0.1) is 0 Å². The summed E-state index contributed by atoms with van der Waals surface area (Å²) in [7, 11) is 0. The molecule has 0 atom stereocenters. The number of ether oxygens (including phenoxy) is 1. The third-order valence-electron chi connectivity index (χ3n) is 3.23. The van der Waals surface area contributed by atoms with Gasteiger partial charge in [0.1, 0.15) is 5.75 Å². The van der Waals surface area contributed by atoms with Crippen molar-refractivity contribution in [2.24, 2.45) is 0 Å². The van der Waals surface area contributed by atoms with Crippen LogP contribution in [0.25, 0.3) is 0 Å². The summed E-state index contributed by atoms with van der Waals surface area (Å²) < 4.78 is 29.0. The highest BCUT2D eigenvalue weighted by Gasteiger charge is 2.08. The lowest BCUT2D eigenvalue weighted by molar-refractivity contribution is -0.0504. The van der Waals surface area contributed by atoms with Crippen LogP contribution in [-0.4, -0.2) is 37.7 Å². The van der Waals surface area contributed by atoms with Crippen LogP contribution in [0.3, 0.4) is 0 Å². The van der Waals surface area contributed by atoms with Crippen molar-refractivity contribution in [3.8, 4) is 5.75 Å². The van der Waals surface area contributed by atoms with Gasteiger partial charge in [-0.05, 0) is 38.7 Å². The van der Waals surface area contributed by atoms with E-state index in [4.69, 9.17) is 0 Å². The first kappa shape index (κ1) is 16.9. The number of alkyl halides is 2. The van der Waals surface area contributed by atoms with Crippen molar-refractivity contribution < 1.29 is 13.5 Å². The minimum Gasteiger partial charge on any atom is -0.434 e. The summed E-state index contributed by atoms with van der Waals surface area (Å²) >= 11 is 0. The maximum atomic E-state index is 12.3. The Morgan fingerprint density at radius 3 is 2.55 bits per heavy atom. The number of nitrogens with zero attached hydrogens (tertiary/aromatic N) is 1. The molecule has 0 aliphatic carbocycles. The maximum Gasteiger partial charge on any atom is 0.387 e. The van der Waals surface area contributed by atoms with Crippen LogP contribution in [0.2, 0.25) is 0 Å². The molecule has 0 aliphatic heterocycles. The van der Waals surface area contributed by atoms with Crippen molar-refractivity contribution in [2.45, 2.75) is 33.4 Å². The van der Waals surface area contributed by atoms with Crippen LogP contribution >= 0.6 is 0 Å². The Morgan fingerprint density at radius 2 is 1.90 bits per heavy atom. The van der Waals surface area contributed by atoms with Gasteiger partial charge in [-0.2, -0.15) is 8.78 Å². The standard InChI is InChI=1S/C15H24F2N2O/c1-3-19(4-2)11-7-10-18-12-13-8-5-6-9-14(13)20-15(16)17/h5-6,8-9,15,18H,3-4,7,10-12H2,1-2H3. The largest absolute Gasteiger partial charge is 0.434 e. The summed E-state index contributed by atoms with van der Waals surface area (Å²) in [4.78, 5) is 2.36. The van der Waals surface area contributed by atoms with Gasteiger partial charge in [0, 0.05) is 12.1 Å². The summed E-state index contributed by atoms with van der Waals surface area (Å²) in [5.41, 5.74) is 0.760. The van der Waals surface area contributed by atoms with Gasteiger partial charge in [-0.3, -0.25) is 0 Å². The number of hydrogen-bond acceptors (Lipinski definition) is 3. The molecule has 0 unspecified atom stereocenters. The number of hydrogen-bond donors (Lipinski definition) is 1. The molecule has 1 rings (SSSR count). The molecular formula is C15H24F2N2O. The fourth-order valence-electron chi connectivity index (χ4n) is 2.05. The Hall–Kier alpha value is -1.20. The minimum absolute atomic E-state index is 0.249. The quantitative estimate of drug-likeness (QED) is 0.669. The molecule has 0 aromatic heterocycles. The second kappa shape index (κ2) is 9.66. The highest BCUT2D eigenvalue weighted by molar-refractivity contribution is 5.33. The first-order chi connectivity index (χ1) is 9.67. The molecule has 0 saturated carbocycles. The first-order valence-electron chi connectivity index (χ1n) is 7.13. The average Bonchev–Trinajstić information content (AvgIpc) is 2.44. The van der Waals surface area contributed by atoms with Crippen molar-refractivity contribution in [3.63, 3.8) is 0 Å². The third-order valence-corrected chi connectivity index (χ3v) is 3.23. The smallest absolute Gasteiger partial charge is 0.387 e. The number of benzene rings is 1. The third kappa shape index (κ3) is 6.30. The number of para-hydroxylation sites is 1. The first-order valence-corrected chi connectivity index (χ1v) is 7.13. The monoisotopic (exact) mass is 286 g/mol. The van der Waals surface area contributed by atoms with Gasteiger partial charge in [0.05, 0.1) is 0 Å². The fourth-order valence-corrected chi connectivity index (χ4v) is 2.05. The zero-order valence-corrected chi connectivity index (χ0v) is 12.2. The van der Waals surface area contributed by atoms with Gasteiger partial charge in [0.25, 0.3) is 0 Å². The van der Waals surface area contributed by atoms with E-state index in [1.54, 1.807) is 18.2 Å². The Balaban J connectivity index is 2.31. The zero-order valence-electron chi connectivity index (χ0n) is 12.2. The zero-order chi connectivity index (χ0) is 14.8. The number of rotatable bonds is 10. The molecule has 1 aromatic rings. The van der Waals surface area contributed by atoms with E-state index in [9.17, 15) is 8.78 Å². The Bertz CT molecular complexity index is 371. The number of halogens is 2. The van der Waals surface area contributed by atoms with Crippen LogP contribution in [0.15, 0.2) is 24.3 Å². The van der Waals surface area contributed by atoms with Gasteiger partial charge in [-0.25, -0.2) is 0 Å². The second-order valence-electron chi connectivity index (χ2n) is 4.54. The Morgan fingerprint density at radius 1 is 1.20 bits per heavy atom. The van der Waals surface area contributed by atoms with E-state index in [1.165, 1.54) is 0 Å². The normalized spacial score (nSPS) is 11.3. The SMILES string of the molecule is CCN(CC)CCCNCc1ccccc1OC(F)F. The van der Waals surface area contributed by atoms with Crippen LogP contribution in [0.4, 0.5) is 8.78 Å². The molecule has 0 aliphatic rings. The van der Waals surface area contributed by atoms with E-state index in [2.05, 4.69) is 28.8 Å². The molecule has 0 amide bonds. The van der Waals surface area contributed by atoms with Gasteiger partial charge in [0.2, 0.25) is 0 Å². The van der Waals surface area contributed by atoms with E-state index in [1.807, 2.05) is 6.07 Å². The summed E-state index contributed by atoms with van der Waals surface area (Å²) in [5.74, 6) is 0.249. The van der Waals surface area contributed by atoms with E-state index in [0.717, 1.165) is 38.2 Å². The molecule has 0 saturated heterocycles. The minimum atomic E-state index is -2.78. The van der Waals surface area contributed by atoms with Crippen molar-refractivity contribution >= 4 is 0 Å². The van der Waals surface area contributed by atoms with Gasteiger partial charge in [0.15, 0.2) is 0 Å². The molecule has 0 bridgehead atoms. The van der Waals surface area contributed by atoms with Crippen LogP contribution in [0.5, 0.6) is 5.75 Å². The van der Waals surface area contributed by atoms with E-state index in [0.29, 0.717) is 6.54 Å². The molecule has 5 heteroatoms. The lowest BCUT2D eigenvalue weighted by Crippen LogP contribution is -2.27. The predicted molar refractivity (Wildman–Crippen MR) is 77.2 cm³/mol. The molecule has 0 radical (unpaired) electrons. The predicted octanol–water partition coefficient (Wildman–Crippen LogP) is 3.11. The highest BCUT2D eigenvalue weighted by atomic mass is 19.3. The molecule has 0 heterocycles. The maximum absolute atomic E-state index is 12.3.